The lowest BCUT2D eigenvalue weighted by molar-refractivity contribution is -0.148. The molecule has 2 atom stereocenters. The summed E-state index contributed by atoms with van der Waals surface area (Å²) < 4.78 is 4.94. The van der Waals surface area contributed by atoms with Gasteiger partial charge in [0.25, 0.3) is 0 Å². The van der Waals surface area contributed by atoms with Crippen LogP contribution in [-0.2, 0) is 14.3 Å². The predicted octanol–water partition coefficient (Wildman–Crippen LogP) is -1.06. The molecule has 3 N–H and O–H groups in total. The molecule has 6 heteroatoms. The standard InChI is InChI=1S/C11H21N3O3/c1-3-17-11(16)8(2)7-14-5-4-13-6-9(14)10(12)15/h8-9,13H,3-7H2,1-2H3,(H2,12,15). The minimum Gasteiger partial charge on any atom is -0.466 e. The lowest BCUT2D eigenvalue weighted by atomic mass is 10.1. The van der Waals surface area contributed by atoms with Crippen molar-refractivity contribution in [3.63, 3.8) is 0 Å². The Balaban J connectivity index is 2.52. The van der Waals surface area contributed by atoms with Crippen molar-refractivity contribution in [1.29, 1.82) is 0 Å². The van der Waals surface area contributed by atoms with Gasteiger partial charge in [-0.25, -0.2) is 0 Å². The van der Waals surface area contributed by atoms with Gasteiger partial charge in [-0.15, -0.1) is 0 Å². The minimum absolute atomic E-state index is 0.228. The van der Waals surface area contributed by atoms with Crippen molar-refractivity contribution in [3.05, 3.63) is 0 Å². The Bertz CT molecular complexity index is 283. The van der Waals surface area contributed by atoms with Crippen LogP contribution in [0.1, 0.15) is 13.8 Å². The summed E-state index contributed by atoms with van der Waals surface area (Å²) in [6.07, 6.45) is 0. The number of amides is 1. The zero-order valence-corrected chi connectivity index (χ0v) is 10.4. The molecule has 1 saturated heterocycles. The number of nitrogens with zero attached hydrogens (tertiary/aromatic N) is 1. The van der Waals surface area contributed by atoms with Crippen molar-refractivity contribution in [2.24, 2.45) is 11.7 Å². The molecule has 0 saturated carbocycles. The minimum atomic E-state index is -0.353. The molecular formula is C11H21N3O3. The molecule has 2 unspecified atom stereocenters. The first-order valence-corrected chi connectivity index (χ1v) is 5.97. The molecule has 0 aliphatic carbocycles. The summed E-state index contributed by atoms with van der Waals surface area (Å²) >= 11 is 0. The smallest absolute Gasteiger partial charge is 0.309 e. The van der Waals surface area contributed by atoms with Crippen molar-refractivity contribution >= 4 is 11.9 Å². The molecule has 1 amide bonds. The number of rotatable bonds is 5. The second-order valence-corrected chi connectivity index (χ2v) is 4.27. The number of carbonyl (C=O) groups is 2. The van der Waals surface area contributed by atoms with E-state index in [0.29, 0.717) is 19.7 Å². The quantitative estimate of drug-likeness (QED) is 0.602. The molecule has 17 heavy (non-hydrogen) atoms. The number of nitrogens with one attached hydrogen (secondary N) is 1. The molecule has 0 spiro atoms. The predicted molar refractivity (Wildman–Crippen MR) is 63.2 cm³/mol. The Morgan fingerprint density at radius 2 is 2.29 bits per heavy atom. The molecular weight excluding hydrogens is 222 g/mol. The van der Waals surface area contributed by atoms with Crippen LogP contribution in [0, 0.1) is 5.92 Å². The zero-order valence-electron chi connectivity index (χ0n) is 10.4. The molecule has 1 aliphatic heterocycles. The fourth-order valence-corrected chi connectivity index (χ4v) is 1.96. The number of primary amides is 1. The Morgan fingerprint density at radius 3 is 2.88 bits per heavy atom. The molecule has 0 bridgehead atoms. The van der Waals surface area contributed by atoms with Crippen LogP contribution in [0.4, 0.5) is 0 Å². The molecule has 0 aromatic heterocycles. The maximum absolute atomic E-state index is 11.5. The Hall–Kier alpha value is -1.14. The molecule has 1 fully saturated rings. The molecule has 98 valence electrons. The molecule has 1 heterocycles. The first-order valence-electron chi connectivity index (χ1n) is 5.97. The third-order valence-electron chi connectivity index (χ3n) is 2.88. The van der Waals surface area contributed by atoms with Crippen LogP contribution in [0.3, 0.4) is 0 Å². The maximum Gasteiger partial charge on any atom is 0.309 e. The molecule has 0 radical (unpaired) electrons. The van der Waals surface area contributed by atoms with Crippen LogP contribution in [-0.4, -0.2) is 55.6 Å². The number of carbonyl (C=O) groups excluding carboxylic acids is 2. The van der Waals surface area contributed by atoms with Gasteiger partial charge in [0, 0.05) is 26.2 Å². The van der Waals surface area contributed by atoms with E-state index in [4.69, 9.17) is 10.5 Å². The van der Waals surface area contributed by atoms with E-state index in [1.165, 1.54) is 0 Å². The average molecular weight is 243 g/mol. The zero-order chi connectivity index (χ0) is 12.8. The molecule has 0 aromatic carbocycles. The Morgan fingerprint density at radius 1 is 1.59 bits per heavy atom. The van der Waals surface area contributed by atoms with Gasteiger partial charge in [0.2, 0.25) is 5.91 Å². The molecule has 1 aliphatic rings. The van der Waals surface area contributed by atoms with Gasteiger partial charge >= 0.3 is 5.97 Å². The summed E-state index contributed by atoms with van der Waals surface area (Å²) in [4.78, 5) is 24.7. The van der Waals surface area contributed by atoms with E-state index < -0.39 is 0 Å². The van der Waals surface area contributed by atoms with E-state index in [2.05, 4.69) is 5.32 Å². The van der Waals surface area contributed by atoms with Crippen molar-refractivity contribution in [3.8, 4) is 0 Å². The second-order valence-electron chi connectivity index (χ2n) is 4.27. The SMILES string of the molecule is CCOC(=O)C(C)CN1CCNCC1C(N)=O. The van der Waals surface area contributed by atoms with Crippen molar-refractivity contribution in [2.75, 3.05) is 32.8 Å². The molecule has 0 aromatic rings. The summed E-state index contributed by atoms with van der Waals surface area (Å²) in [6, 6.07) is -0.333. The number of ether oxygens (including phenoxy) is 1. The summed E-state index contributed by atoms with van der Waals surface area (Å²) in [6.45, 7) is 6.54. The highest BCUT2D eigenvalue weighted by molar-refractivity contribution is 5.80. The monoisotopic (exact) mass is 243 g/mol. The van der Waals surface area contributed by atoms with Gasteiger partial charge in [-0.1, -0.05) is 6.92 Å². The average Bonchev–Trinajstić information content (AvgIpc) is 2.29. The highest BCUT2D eigenvalue weighted by atomic mass is 16.5. The van der Waals surface area contributed by atoms with Crippen LogP contribution >= 0.6 is 0 Å². The number of hydrogen-bond donors (Lipinski definition) is 2. The van der Waals surface area contributed by atoms with Crippen LogP contribution in [0.25, 0.3) is 0 Å². The van der Waals surface area contributed by atoms with E-state index in [-0.39, 0.29) is 23.8 Å². The van der Waals surface area contributed by atoms with E-state index in [0.717, 1.165) is 13.1 Å². The van der Waals surface area contributed by atoms with E-state index >= 15 is 0 Å². The van der Waals surface area contributed by atoms with Gasteiger partial charge in [0.1, 0.15) is 6.04 Å². The number of esters is 1. The largest absolute Gasteiger partial charge is 0.466 e. The number of nitrogens with two attached hydrogens (primary N) is 1. The van der Waals surface area contributed by atoms with Gasteiger partial charge in [0.15, 0.2) is 0 Å². The van der Waals surface area contributed by atoms with Crippen LogP contribution in [0.5, 0.6) is 0 Å². The highest BCUT2D eigenvalue weighted by Gasteiger charge is 2.29. The second kappa shape index (κ2) is 6.56. The Kier molecular flexibility index (Phi) is 5.37. The third kappa shape index (κ3) is 3.98. The number of piperazine rings is 1. The fraction of sp³-hybridized carbons (Fsp3) is 0.818. The van der Waals surface area contributed by atoms with Crippen molar-refractivity contribution in [2.45, 2.75) is 19.9 Å². The summed E-state index contributed by atoms with van der Waals surface area (Å²) in [7, 11) is 0. The molecule has 6 nitrogen and oxygen atoms in total. The van der Waals surface area contributed by atoms with Gasteiger partial charge in [0.05, 0.1) is 12.5 Å². The van der Waals surface area contributed by atoms with E-state index in [1.807, 2.05) is 4.90 Å². The number of hydrogen-bond acceptors (Lipinski definition) is 5. The van der Waals surface area contributed by atoms with E-state index in [1.54, 1.807) is 13.8 Å². The van der Waals surface area contributed by atoms with Crippen LogP contribution < -0.4 is 11.1 Å². The van der Waals surface area contributed by atoms with Gasteiger partial charge < -0.3 is 15.8 Å². The topological polar surface area (TPSA) is 84.7 Å². The summed E-state index contributed by atoms with van der Waals surface area (Å²) in [5, 5.41) is 3.12. The maximum atomic E-state index is 11.5. The summed E-state index contributed by atoms with van der Waals surface area (Å²) in [5.41, 5.74) is 5.33. The third-order valence-corrected chi connectivity index (χ3v) is 2.88. The molecule has 1 rings (SSSR count). The lowest BCUT2D eigenvalue weighted by Crippen LogP contribution is -2.58. The fourth-order valence-electron chi connectivity index (χ4n) is 1.96. The first kappa shape index (κ1) is 13.9. The van der Waals surface area contributed by atoms with E-state index in [9.17, 15) is 9.59 Å². The summed E-state index contributed by atoms with van der Waals surface area (Å²) in [5.74, 6) is -0.822. The first-order chi connectivity index (χ1) is 8.06. The lowest BCUT2D eigenvalue weighted by Gasteiger charge is -2.35. The van der Waals surface area contributed by atoms with Crippen LogP contribution in [0.15, 0.2) is 0 Å². The van der Waals surface area contributed by atoms with Gasteiger partial charge in [-0.3, -0.25) is 14.5 Å². The van der Waals surface area contributed by atoms with Crippen molar-refractivity contribution in [1.82, 2.24) is 10.2 Å². The van der Waals surface area contributed by atoms with Gasteiger partial charge in [-0.05, 0) is 6.92 Å². The Labute approximate surface area is 101 Å². The van der Waals surface area contributed by atoms with Crippen LogP contribution in [0.2, 0.25) is 0 Å². The highest BCUT2D eigenvalue weighted by Crippen LogP contribution is 2.08. The normalized spacial score (nSPS) is 23.1. The van der Waals surface area contributed by atoms with Gasteiger partial charge in [-0.2, -0.15) is 0 Å². The van der Waals surface area contributed by atoms with Crippen molar-refractivity contribution < 1.29 is 14.3 Å².